The van der Waals surface area contributed by atoms with Crippen molar-refractivity contribution in [2.75, 3.05) is 19.6 Å². The highest BCUT2D eigenvalue weighted by Gasteiger charge is 2.38. The number of aromatic nitrogens is 4. The van der Waals surface area contributed by atoms with Gasteiger partial charge < -0.3 is 14.1 Å². The molecule has 1 aromatic carbocycles. The Hall–Kier alpha value is -4.34. The van der Waals surface area contributed by atoms with Crippen LogP contribution in [0.2, 0.25) is 0 Å². The quantitative estimate of drug-likeness (QED) is 0.270. The maximum Gasteiger partial charge on any atom is 0.470 e. The van der Waals surface area contributed by atoms with Gasteiger partial charge in [0.2, 0.25) is 5.89 Å². The average molecular weight is 537 g/mol. The maximum absolute atomic E-state index is 13.5. The van der Waals surface area contributed by atoms with E-state index in [1.807, 2.05) is 16.4 Å². The zero-order chi connectivity index (χ0) is 27.7. The van der Waals surface area contributed by atoms with E-state index < -0.39 is 12.1 Å². The molecule has 4 aromatic rings. The van der Waals surface area contributed by atoms with Gasteiger partial charge in [0, 0.05) is 36.7 Å². The highest BCUT2D eigenvalue weighted by molar-refractivity contribution is 6.09. The SMILES string of the molecule is [C-]#[N+]c1ccc(-n2c(C)c(C(=O)CN3CCC(O)CC3)c3ncc(/C=C/c4nnc(C(F)(F)F)o4)cc32)cc1. The largest absolute Gasteiger partial charge is 0.470 e. The second-order valence-corrected chi connectivity index (χ2v) is 9.27. The van der Waals surface area contributed by atoms with Gasteiger partial charge in [0.25, 0.3) is 0 Å². The van der Waals surface area contributed by atoms with E-state index in [0.717, 1.165) is 5.69 Å². The van der Waals surface area contributed by atoms with Crippen LogP contribution in [0, 0.1) is 13.5 Å². The zero-order valence-corrected chi connectivity index (χ0v) is 20.8. The van der Waals surface area contributed by atoms with Gasteiger partial charge >= 0.3 is 12.1 Å². The Bertz CT molecular complexity index is 1590. The Labute approximate surface area is 221 Å². The summed E-state index contributed by atoms with van der Waals surface area (Å²) in [7, 11) is 0. The number of piperidine rings is 1. The van der Waals surface area contributed by atoms with Crippen molar-refractivity contribution in [2.24, 2.45) is 0 Å². The summed E-state index contributed by atoms with van der Waals surface area (Å²) in [5.74, 6) is -1.85. The van der Waals surface area contributed by atoms with Gasteiger partial charge in [-0.05, 0) is 49.6 Å². The highest BCUT2D eigenvalue weighted by atomic mass is 19.4. The third-order valence-electron chi connectivity index (χ3n) is 6.61. The van der Waals surface area contributed by atoms with Crippen molar-refractivity contribution in [2.45, 2.75) is 32.0 Å². The second-order valence-electron chi connectivity index (χ2n) is 9.27. The summed E-state index contributed by atoms with van der Waals surface area (Å²) in [5, 5.41) is 16.2. The normalized spacial score (nSPS) is 15.3. The molecular weight excluding hydrogens is 513 g/mol. The van der Waals surface area contributed by atoms with Gasteiger partial charge in [-0.3, -0.25) is 14.7 Å². The smallest absolute Gasteiger partial charge is 0.413 e. The zero-order valence-electron chi connectivity index (χ0n) is 20.8. The standard InChI is InChI=1S/C27H23F3N6O3/c1-16-24(22(38)15-35-11-9-20(37)10-12-35)25-21(36(16)19-6-4-18(31-2)5-7-19)13-17(14-32-25)3-8-23-33-34-26(39-23)27(28,29)30/h3-8,13-14,20,37H,9-12,15H2,1H3/b8-3+. The van der Waals surface area contributed by atoms with Gasteiger partial charge in [-0.15, -0.1) is 10.2 Å². The van der Waals surface area contributed by atoms with E-state index in [-0.39, 0.29) is 24.3 Å². The van der Waals surface area contributed by atoms with Crippen molar-refractivity contribution < 1.29 is 27.5 Å². The molecule has 1 aliphatic heterocycles. The predicted octanol–water partition coefficient (Wildman–Crippen LogP) is 5.10. The number of carbonyl (C=O) groups is 1. The number of aliphatic hydroxyl groups is 1. The van der Waals surface area contributed by atoms with Gasteiger partial charge in [-0.25, -0.2) is 4.85 Å². The molecule has 1 fully saturated rings. The van der Waals surface area contributed by atoms with E-state index >= 15 is 0 Å². The molecule has 1 saturated heterocycles. The summed E-state index contributed by atoms with van der Waals surface area (Å²) in [6.45, 7) is 10.5. The number of halogens is 3. The molecule has 0 aliphatic carbocycles. The van der Waals surface area contributed by atoms with Crippen LogP contribution in [0.5, 0.6) is 0 Å². The van der Waals surface area contributed by atoms with E-state index in [0.29, 0.717) is 59.5 Å². The molecule has 0 spiro atoms. The number of rotatable bonds is 6. The molecule has 4 heterocycles. The lowest BCUT2D eigenvalue weighted by Crippen LogP contribution is -2.39. The van der Waals surface area contributed by atoms with Crippen LogP contribution in [-0.4, -0.2) is 61.3 Å². The van der Waals surface area contributed by atoms with Crippen molar-refractivity contribution in [3.8, 4) is 5.69 Å². The lowest BCUT2D eigenvalue weighted by atomic mass is 10.1. The number of Topliss-reactive ketones (excluding diaryl/α,β-unsaturated/α-hetero) is 1. The van der Waals surface area contributed by atoms with Crippen LogP contribution in [-0.2, 0) is 6.18 Å². The molecule has 39 heavy (non-hydrogen) atoms. The molecule has 200 valence electrons. The summed E-state index contributed by atoms with van der Waals surface area (Å²) < 4.78 is 44.8. The molecule has 0 bridgehead atoms. The van der Waals surface area contributed by atoms with Gasteiger partial charge in [-0.2, -0.15) is 13.2 Å². The Balaban J connectivity index is 1.54. The van der Waals surface area contributed by atoms with Crippen molar-refractivity contribution in [3.63, 3.8) is 0 Å². The number of ketones is 1. The first-order valence-electron chi connectivity index (χ1n) is 12.2. The molecule has 0 unspecified atom stereocenters. The number of aliphatic hydroxyl groups excluding tert-OH is 1. The van der Waals surface area contributed by atoms with Crippen LogP contribution in [0.4, 0.5) is 18.9 Å². The maximum atomic E-state index is 13.5. The van der Waals surface area contributed by atoms with Gasteiger partial charge in [0.05, 0.1) is 35.8 Å². The highest BCUT2D eigenvalue weighted by Crippen LogP contribution is 2.31. The Morgan fingerprint density at radius 1 is 1.21 bits per heavy atom. The van der Waals surface area contributed by atoms with E-state index in [4.69, 9.17) is 6.57 Å². The van der Waals surface area contributed by atoms with Gasteiger partial charge in [0.1, 0.15) is 0 Å². The van der Waals surface area contributed by atoms with Crippen molar-refractivity contribution >= 4 is 34.7 Å². The van der Waals surface area contributed by atoms with E-state index in [1.165, 1.54) is 18.3 Å². The van der Waals surface area contributed by atoms with Crippen molar-refractivity contribution in [1.29, 1.82) is 0 Å². The molecular formula is C27H23F3N6O3. The molecule has 5 rings (SSSR count). The first-order valence-corrected chi connectivity index (χ1v) is 12.2. The predicted molar refractivity (Wildman–Crippen MR) is 136 cm³/mol. The van der Waals surface area contributed by atoms with E-state index in [1.54, 1.807) is 30.3 Å². The molecule has 1 N–H and O–H groups in total. The fourth-order valence-electron chi connectivity index (χ4n) is 4.67. The molecule has 3 aromatic heterocycles. The number of hydrogen-bond acceptors (Lipinski definition) is 7. The van der Waals surface area contributed by atoms with Crippen LogP contribution in [0.1, 0.15) is 46.2 Å². The molecule has 0 amide bonds. The third kappa shape index (κ3) is 5.45. The summed E-state index contributed by atoms with van der Waals surface area (Å²) in [4.78, 5) is 23.5. The van der Waals surface area contributed by atoms with Gasteiger partial charge in [-0.1, -0.05) is 12.1 Å². The second kappa shape index (κ2) is 10.4. The third-order valence-corrected chi connectivity index (χ3v) is 6.61. The Morgan fingerprint density at radius 3 is 2.56 bits per heavy atom. The monoisotopic (exact) mass is 536 g/mol. The average Bonchev–Trinajstić information content (AvgIpc) is 3.51. The minimum absolute atomic E-state index is 0.105. The topological polar surface area (TPSA) is 102 Å². The lowest BCUT2D eigenvalue weighted by molar-refractivity contribution is -0.157. The van der Waals surface area contributed by atoms with Crippen LogP contribution in [0.25, 0.3) is 33.7 Å². The number of likely N-dealkylation sites (tertiary alicyclic amines) is 1. The lowest BCUT2D eigenvalue weighted by Gasteiger charge is -2.28. The first kappa shape index (κ1) is 26.3. The number of alkyl halides is 3. The van der Waals surface area contributed by atoms with Crippen LogP contribution in [0.15, 0.2) is 40.9 Å². The summed E-state index contributed by atoms with van der Waals surface area (Å²) in [6.07, 6.45) is 0.401. The molecule has 0 atom stereocenters. The van der Waals surface area contributed by atoms with Crippen molar-refractivity contribution in [3.05, 3.63) is 76.5 Å². The van der Waals surface area contributed by atoms with Gasteiger partial charge in [0.15, 0.2) is 11.5 Å². The number of nitrogens with zero attached hydrogens (tertiary/aromatic N) is 6. The van der Waals surface area contributed by atoms with Crippen LogP contribution in [0.3, 0.4) is 0 Å². The van der Waals surface area contributed by atoms with Crippen LogP contribution >= 0.6 is 0 Å². The Morgan fingerprint density at radius 2 is 1.92 bits per heavy atom. The van der Waals surface area contributed by atoms with E-state index in [9.17, 15) is 23.1 Å². The van der Waals surface area contributed by atoms with E-state index in [2.05, 4.69) is 24.4 Å². The Kier molecular flexibility index (Phi) is 7.03. The number of hydrogen-bond donors (Lipinski definition) is 1. The molecule has 1 aliphatic rings. The summed E-state index contributed by atoms with van der Waals surface area (Å²) >= 11 is 0. The summed E-state index contributed by atoms with van der Waals surface area (Å²) in [6, 6.07) is 8.68. The van der Waals surface area contributed by atoms with Crippen molar-refractivity contribution in [1.82, 2.24) is 24.6 Å². The number of fused-ring (bicyclic) bond motifs is 1. The molecule has 0 saturated carbocycles. The molecule has 9 nitrogen and oxygen atoms in total. The molecule has 0 radical (unpaired) electrons. The fraction of sp³-hybridized carbons (Fsp3) is 0.296. The number of pyridine rings is 1. The number of carbonyl (C=O) groups excluding carboxylic acids is 1. The fourth-order valence-corrected chi connectivity index (χ4v) is 4.67. The molecule has 12 heteroatoms. The minimum atomic E-state index is -4.74. The minimum Gasteiger partial charge on any atom is -0.413 e. The summed E-state index contributed by atoms with van der Waals surface area (Å²) in [5.41, 5.74) is 3.96. The number of benzene rings is 1. The van der Waals surface area contributed by atoms with Crippen LogP contribution < -0.4 is 0 Å². The first-order chi connectivity index (χ1) is 18.6.